The van der Waals surface area contributed by atoms with Crippen LogP contribution in [0.25, 0.3) is 34.4 Å². The molecule has 5 aromatic rings. The number of aromatic nitrogens is 8. The average molecular weight is 456 g/mol. The van der Waals surface area contributed by atoms with Gasteiger partial charge in [-0.3, -0.25) is 4.98 Å². The second-order valence-electron chi connectivity index (χ2n) is 7.32. The van der Waals surface area contributed by atoms with Crippen LogP contribution in [0.2, 0.25) is 0 Å². The fraction of sp³-hybridized carbons (Fsp3) is 0.250. The van der Waals surface area contributed by atoms with Gasteiger partial charge in [-0.25, -0.2) is 4.68 Å². The van der Waals surface area contributed by atoms with Gasteiger partial charge in [0.1, 0.15) is 0 Å². The van der Waals surface area contributed by atoms with E-state index in [1.165, 1.54) is 0 Å². The van der Waals surface area contributed by atoms with Crippen LogP contribution in [0.1, 0.15) is 13.8 Å². The fourth-order valence-corrected chi connectivity index (χ4v) is 3.64. The molecule has 0 amide bonds. The summed E-state index contributed by atoms with van der Waals surface area (Å²) in [6, 6.07) is 15.7. The van der Waals surface area contributed by atoms with Gasteiger partial charge in [-0.1, -0.05) is 44.2 Å². The van der Waals surface area contributed by atoms with Crippen molar-refractivity contribution in [2.45, 2.75) is 13.8 Å². The Morgan fingerprint density at radius 2 is 1.56 bits per heavy atom. The Bertz CT molecular complexity index is 1360. The second kappa shape index (κ2) is 9.75. The number of hydrogen-bond acceptors (Lipinski definition) is 8. The molecular formula is C24H25N9O. The van der Waals surface area contributed by atoms with Crippen molar-refractivity contribution < 1.29 is 4.74 Å². The van der Waals surface area contributed by atoms with E-state index in [4.69, 9.17) is 14.8 Å². The molecule has 1 aromatic carbocycles. The Labute approximate surface area is 196 Å². The molecule has 1 aliphatic heterocycles. The predicted molar refractivity (Wildman–Crippen MR) is 129 cm³/mol. The maximum atomic E-state index is 5.48. The van der Waals surface area contributed by atoms with E-state index >= 15 is 0 Å². The van der Waals surface area contributed by atoms with Crippen LogP contribution in [0.15, 0.2) is 67.1 Å². The minimum atomic E-state index is 0.458. The van der Waals surface area contributed by atoms with Crippen molar-refractivity contribution >= 4 is 11.7 Å². The third-order valence-corrected chi connectivity index (χ3v) is 5.28. The smallest absolute Gasteiger partial charge is 0.259 e. The van der Waals surface area contributed by atoms with Crippen molar-refractivity contribution in [1.29, 1.82) is 0 Å². The zero-order valence-electron chi connectivity index (χ0n) is 19.1. The van der Waals surface area contributed by atoms with E-state index < -0.39 is 0 Å². The van der Waals surface area contributed by atoms with Crippen molar-refractivity contribution in [2.75, 3.05) is 31.2 Å². The molecule has 0 aliphatic carbocycles. The van der Waals surface area contributed by atoms with E-state index in [0.717, 1.165) is 29.9 Å². The number of pyridine rings is 1. The molecule has 4 aromatic heterocycles. The molecule has 1 saturated heterocycles. The molecule has 1 fully saturated rings. The lowest BCUT2D eigenvalue weighted by atomic mass is 10.2. The minimum absolute atomic E-state index is 0.458. The van der Waals surface area contributed by atoms with Crippen LogP contribution in [-0.4, -0.2) is 65.6 Å². The predicted octanol–water partition coefficient (Wildman–Crippen LogP) is 3.30. The average Bonchev–Trinajstić information content (AvgIpc) is 3.59. The van der Waals surface area contributed by atoms with Crippen LogP contribution in [0.5, 0.6) is 0 Å². The summed E-state index contributed by atoms with van der Waals surface area (Å²) >= 11 is 0. The molecule has 6 rings (SSSR count). The monoisotopic (exact) mass is 455 g/mol. The summed E-state index contributed by atoms with van der Waals surface area (Å²) in [5.74, 6) is 2.12. The highest BCUT2D eigenvalue weighted by Gasteiger charge is 2.21. The highest BCUT2D eigenvalue weighted by atomic mass is 16.5. The molecule has 0 spiro atoms. The van der Waals surface area contributed by atoms with Gasteiger partial charge in [-0.2, -0.15) is 24.6 Å². The topological polar surface area (TPSA) is 99.2 Å². The molecule has 0 radical (unpaired) electrons. The summed E-state index contributed by atoms with van der Waals surface area (Å²) in [5.41, 5.74) is 2.73. The van der Waals surface area contributed by atoms with Gasteiger partial charge in [0.25, 0.3) is 11.7 Å². The zero-order valence-corrected chi connectivity index (χ0v) is 19.1. The molecule has 0 bridgehead atoms. The van der Waals surface area contributed by atoms with Crippen LogP contribution in [0.3, 0.4) is 0 Å². The number of benzene rings is 1. The van der Waals surface area contributed by atoms with Crippen LogP contribution < -0.4 is 4.90 Å². The molecule has 10 nitrogen and oxygen atoms in total. The third-order valence-electron chi connectivity index (χ3n) is 5.28. The maximum Gasteiger partial charge on any atom is 0.259 e. The van der Waals surface area contributed by atoms with E-state index in [2.05, 4.69) is 25.0 Å². The zero-order chi connectivity index (χ0) is 23.3. The number of morpholine rings is 1. The van der Waals surface area contributed by atoms with Gasteiger partial charge >= 0.3 is 0 Å². The standard InChI is InChI=1S/C22H19N9O.C2H6/c1-2-4-16(5-3-1)18-8-11-30(27-18)22-26-20(29-12-14-32-15-13-29)25-21-24-19(28-31(21)22)17-6-9-23-10-7-17;1-2/h1-11H,12-15H2;1-2H3. The Morgan fingerprint density at radius 3 is 2.32 bits per heavy atom. The quantitative estimate of drug-likeness (QED) is 0.407. The van der Waals surface area contributed by atoms with E-state index in [1.807, 2.05) is 68.6 Å². The van der Waals surface area contributed by atoms with Crippen molar-refractivity contribution in [1.82, 2.24) is 39.3 Å². The van der Waals surface area contributed by atoms with Crippen molar-refractivity contribution in [3.63, 3.8) is 0 Å². The van der Waals surface area contributed by atoms with E-state index in [1.54, 1.807) is 21.6 Å². The van der Waals surface area contributed by atoms with Crippen molar-refractivity contribution in [3.8, 4) is 28.6 Å². The van der Waals surface area contributed by atoms with Crippen molar-refractivity contribution in [2.24, 2.45) is 0 Å². The number of ether oxygens (including phenoxy) is 1. The van der Waals surface area contributed by atoms with E-state index in [-0.39, 0.29) is 0 Å². The second-order valence-corrected chi connectivity index (χ2v) is 7.32. The van der Waals surface area contributed by atoms with Gasteiger partial charge < -0.3 is 9.64 Å². The molecule has 0 N–H and O–H groups in total. The van der Waals surface area contributed by atoms with Crippen LogP contribution in [0.4, 0.5) is 5.95 Å². The molecule has 172 valence electrons. The van der Waals surface area contributed by atoms with E-state index in [9.17, 15) is 0 Å². The lowest BCUT2D eigenvalue weighted by molar-refractivity contribution is 0.122. The van der Waals surface area contributed by atoms with Gasteiger partial charge in [0.15, 0.2) is 5.82 Å². The number of hydrogen-bond donors (Lipinski definition) is 0. The van der Waals surface area contributed by atoms with Crippen LogP contribution >= 0.6 is 0 Å². The normalized spacial score (nSPS) is 13.5. The van der Waals surface area contributed by atoms with Crippen molar-refractivity contribution in [3.05, 3.63) is 67.1 Å². The number of nitrogens with zero attached hydrogens (tertiary/aromatic N) is 9. The van der Waals surface area contributed by atoms with E-state index in [0.29, 0.717) is 36.7 Å². The molecule has 0 atom stereocenters. The summed E-state index contributed by atoms with van der Waals surface area (Å²) in [6.45, 7) is 6.71. The molecule has 5 heterocycles. The molecule has 0 unspecified atom stereocenters. The highest BCUT2D eigenvalue weighted by Crippen LogP contribution is 2.21. The van der Waals surface area contributed by atoms with Crippen LogP contribution in [-0.2, 0) is 4.74 Å². The summed E-state index contributed by atoms with van der Waals surface area (Å²) in [6.07, 6.45) is 5.31. The van der Waals surface area contributed by atoms with Gasteiger partial charge in [0, 0.05) is 42.8 Å². The summed E-state index contributed by atoms with van der Waals surface area (Å²) < 4.78 is 8.82. The lowest BCUT2D eigenvalue weighted by Crippen LogP contribution is -2.37. The third kappa shape index (κ3) is 4.23. The van der Waals surface area contributed by atoms with Crippen LogP contribution in [0, 0.1) is 0 Å². The van der Waals surface area contributed by atoms with Gasteiger partial charge in [0.2, 0.25) is 5.95 Å². The summed E-state index contributed by atoms with van der Waals surface area (Å²) in [7, 11) is 0. The molecule has 1 aliphatic rings. The lowest BCUT2D eigenvalue weighted by Gasteiger charge is -2.26. The molecule has 34 heavy (non-hydrogen) atoms. The first-order valence-electron chi connectivity index (χ1n) is 11.3. The highest BCUT2D eigenvalue weighted by molar-refractivity contribution is 5.59. The fourth-order valence-electron chi connectivity index (χ4n) is 3.64. The first-order chi connectivity index (χ1) is 16.8. The molecule has 10 heteroatoms. The molecular weight excluding hydrogens is 430 g/mol. The Kier molecular flexibility index (Phi) is 6.21. The SMILES string of the molecule is CC.c1ccc(-c2ccn(-c3nc(N4CCOCC4)nc4nc(-c5ccncc5)nn34)n2)cc1. The Hall–Kier alpha value is -4.18. The van der Waals surface area contributed by atoms with Gasteiger partial charge in [0.05, 0.1) is 18.9 Å². The maximum absolute atomic E-state index is 5.48. The Balaban J connectivity index is 0.00000117. The number of rotatable bonds is 4. The Morgan fingerprint density at radius 1 is 0.794 bits per heavy atom. The summed E-state index contributed by atoms with van der Waals surface area (Å²) in [4.78, 5) is 20.3. The summed E-state index contributed by atoms with van der Waals surface area (Å²) in [5, 5.41) is 9.43. The largest absolute Gasteiger partial charge is 0.378 e. The molecule has 0 saturated carbocycles. The minimum Gasteiger partial charge on any atom is -0.378 e. The number of fused-ring (bicyclic) bond motifs is 1. The van der Waals surface area contributed by atoms with Gasteiger partial charge in [-0.05, 0) is 18.2 Å². The number of anilines is 1. The first kappa shape index (κ1) is 21.7. The first-order valence-corrected chi connectivity index (χ1v) is 11.3. The van der Waals surface area contributed by atoms with Gasteiger partial charge in [-0.15, -0.1) is 5.10 Å².